The molecule has 1 aromatic heterocycles. The van der Waals surface area contributed by atoms with Crippen LogP contribution in [0.2, 0.25) is 0 Å². The quantitative estimate of drug-likeness (QED) is 0.691. The molecule has 5 nitrogen and oxygen atoms in total. The standard InChI is InChI=1S/C20H21BrN2O3/c1-11-6-7-12(14-8-9-15(21)23-22-14)10-13(11)16-17(24)19(2,3)26-20(4,5)18(16)25/h6-10,16H,1-5H3. The van der Waals surface area contributed by atoms with Crippen LogP contribution < -0.4 is 0 Å². The SMILES string of the molecule is Cc1ccc(-c2ccc(Br)nn2)cc1C1C(=O)C(C)(C)OC(C)(C)C1=O. The number of nitrogens with zero attached hydrogens (tertiary/aromatic N) is 2. The zero-order valence-electron chi connectivity index (χ0n) is 15.5. The maximum absolute atomic E-state index is 13.0. The van der Waals surface area contributed by atoms with Crippen LogP contribution in [0.5, 0.6) is 0 Å². The molecule has 0 atom stereocenters. The number of ketones is 2. The van der Waals surface area contributed by atoms with Gasteiger partial charge in [-0.15, -0.1) is 10.2 Å². The van der Waals surface area contributed by atoms with Crippen molar-refractivity contribution in [2.75, 3.05) is 0 Å². The van der Waals surface area contributed by atoms with E-state index in [0.717, 1.165) is 11.1 Å². The highest BCUT2D eigenvalue weighted by Gasteiger charge is 2.53. The largest absolute Gasteiger partial charge is 0.354 e. The Kier molecular flexibility index (Phi) is 4.61. The van der Waals surface area contributed by atoms with E-state index in [-0.39, 0.29) is 11.6 Å². The first kappa shape index (κ1) is 18.9. The fraction of sp³-hybridized carbons (Fsp3) is 0.400. The Morgan fingerprint density at radius 1 is 0.962 bits per heavy atom. The molecule has 0 bridgehead atoms. The van der Waals surface area contributed by atoms with Gasteiger partial charge in [-0.25, -0.2) is 0 Å². The summed E-state index contributed by atoms with van der Waals surface area (Å²) in [7, 11) is 0. The van der Waals surface area contributed by atoms with E-state index >= 15 is 0 Å². The zero-order chi connectivity index (χ0) is 19.3. The van der Waals surface area contributed by atoms with Crippen molar-refractivity contribution < 1.29 is 14.3 Å². The van der Waals surface area contributed by atoms with Gasteiger partial charge in [-0.1, -0.05) is 12.1 Å². The van der Waals surface area contributed by atoms with Gasteiger partial charge in [-0.05, 0) is 79.9 Å². The molecule has 0 aliphatic carbocycles. The summed E-state index contributed by atoms with van der Waals surface area (Å²) in [5, 5.41) is 8.18. The van der Waals surface area contributed by atoms with E-state index in [4.69, 9.17) is 4.74 Å². The van der Waals surface area contributed by atoms with Crippen LogP contribution in [-0.4, -0.2) is 33.0 Å². The molecule has 2 aromatic rings. The van der Waals surface area contributed by atoms with E-state index in [2.05, 4.69) is 26.1 Å². The Labute approximate surface area is 161 Å². The summed E-state index contributed by atoms with van der Waals surface area (Å²) in [6, 6.07) is 9.34. The van der Waals surface area contributed by atoms with Gasteiger partial charge >= 0.3 is 0 Å². The van der Waals surface area contributed by atoms with E-state index in [1.165, 1.54) is 0 Å². The van der Waals surface area contributed by atoms with Crippen LogP contribution in [-0.2, 0) is 14.3 Å². The number of benzene rings is 1. The Balaban J connectivity index is 2.13. The second-order valence-electron chi connectivity index (χ2n) is 7.60. The second kappa shape index (κ2) is 6.35. The number of aromatic nitrogens is 2. The summed E-state index contributed by atoms with van der Waals surface area (Å²) >= 11 is 3.27. The van der Waals surface area contributed by atoms with Crippen LogP contribution in [0.1, 0.15) is 44.7 Å². The Hall–Kier alpha value is -1.92. The maximum Gasteiger partial charge on any atom is 0.179 e. The molecule has 0 radical (unpaired) electrons. The van der Waals surface area contributed by atoms with Crippen LogP contribution >= 0.6 is 15.9 Å². The van der Waals surface area contributed by atoms with E-state index in [1.807, 2.05) is 31.2 Å². The molecule has 1 aliphatic heterocycles. The first-order chi connectivity index (χ1) is 12.0. The molecule has 0 saturated carbocycles. The number of ether oxygens (including phenoxy) is 1. The second-order valence-corrected chi connectivity index (χ2v) is 8.41. The maximum atomic E-state index is 13.0. The monoisotopic (exact) mass is 416 g/mol. The topological polar surface area (TPSA) is 69.2 Å². The smallest absolute Gasteiger partial charge is 0.179 e. The Morgan fingerprint density at radius 2 is 1.58 bits per heavy atom. The Morgan fingerprint density at radius 3 is 2.12 bits per heavy atom. The third-order valence-corrected chi connectivity index (χ3v) is 5.16. The average molecular weight is 417 g/mol. The number of Topliss-reactive ketones (excluding diaryl/α,β-unsaturated/α-hetero) is 2. The molecule has 3 rings (SSSR count). The number of hydrogen-bond acceptors (Lipinski definition) is 5. The molecule has 1 aliphatic rings. The molecule has 0 amide bonds. The molecule has 0 N–H and O–H groups in total. The summed E-state index contributed by atoms with van der Waals surface area (Å²) in [5.74, 6) is -1.29. The molecule has 6 heteroatoms. The third-order valence-electron chi connectivity index (χ3n) is 4.74. The fourth-order valence-corrected chi connectivity index (χ4v) is 3.63. The average Bonchev–Trinajstić information content (AvgIpc) is 2.55. The number of hydrogen-bond donors (Lipinski definition) is 0. The number of rotatable bonds is 2. The van der Waals surface area contributed by atoms with Crippen molar-refractivity contribution >= 4 is 27.5 Å². The van der Waals surface area contributed by atoms with E-state index < -0.39 is 17.1 Å². The van der Waals surface area contributed by atoms with Gasteiger partial charge < -0.3 is 4.74 Å². The lowest BCUT2D eigenvalue weighted by Gasteiger charge is -2.43. The van der Waals surface area contributed by atoms with E-state index in [1.54, 1.807) is 33.8 Å². The van der Waals surface area contributed by atoms with Crippen molar-refractivity contribution in [3.8, 4) is 11.3 Å². The van der Waals surface area contributed by atoms with Crippen molar-refractivity contribution in [1.29, 1.82) is 0 Å². The zero-order valence-corrected chi connectivity index (χ0v) is 17.0. The molecule has 136 valence electrons. The van der Waals surface area contributed by atoms with Crippen molar-refractivity contribution in [2.45, 2.75) is 51.7 Å². The summed E-state index contributed by atoms with van der Waals surface area (Å²) in [6.45, 7) is 8.78. The fourth-order valence-electron chi connectivity index (χ4n) is 3.42. The molecule has 1 fully saturated rings. The van der Waals surface area contributed by atoms with Crippen molar-refractivity contribution in [2.24, 2.45) is 0 Å². The first-order valence-electron chi connectivity index (χ1n) is 8.42. The summed E-state index contributed by atoms with van der Waals surface area (Å²) in [4.78, 5) is 26.0. The predicted molar refractivity (Wildman–Crippen MR) is 102 cm³/mol. The molecule has 1 saturated heterocycles. The predicted octanol–water partition coefficient (Wildman–Crippen LogP) is 4.02. The molecular formula is C20H21BrN2O3. The minimum absolute atomic E-state index is 0.219. The van der Waals surface area contributed by atoms with Crippen LogP contribution in [0, 0.1) is 6.92 Å². The van der Waals surface area contributed by atoms with E-state index in [9.17, 15) is 9.59 Å². The number of carbonyl (C=O) groups is 2. The number of carbonyl (C=O) groups excluding carboxylic acids is 2. The highest BCUT2D eigenvalue weighted by atomic mass is 79.9. The van der Waals surface area contributed by atoms with Gasteiger partial charge in [0.1, 0.15) is 21.7 Å². The van der Waals surface area contributed by atoms with Crippen LogP contribution in [0.15, 0.2) is 34.9 Å². The molecular weight excluding hydrogens is 396 g/mol. The molecule has 1 aromatic carbocycles. The van der Waals surface area contributed by atoms with Gasteiger partial charge in [-0.2, -0.15) is 0 Å². The number of halogens is 1. The van der Waals surface area contributed by atoms with Crippen molar-refractivity contribution in [3.63, 3.8) is 0 Å². The van der Waals surface area contributed by atoms with Gasteiger partial charge in [-0.3, -0.25) is 9.59 Å². The van der Waals surface area contributed by atoms with Gasteiger partial charge in [0.05, 0.1) is 5.69 Å². The highest BCUT2D eigenvalue weighted by molar-refractivity contribution is 9.10. The van der Waals surface area contributed by atoms with E-state index in [0.29, 0.717) is 15.9 Å². The van der Waals surface area contributed by atoms with Gasteiger partial charge in [0.25, 0.3) is 0 Å². The summed E-state index contributed by atoms with van der Waals surface area (Å²) in [6.07, 6.45) is 0. The van der Waals surface area contributed by atoms with Gasteiger partial charge in [0.2, 0.25) is 0 Å². The molecule has 0 spiro atoms. The molecule has 2 heterocycles. The summed E-state index contributed by atoms with van der Waals surface area (Å²) < 4.78 is 6.42. The third kappa shape index (κ3) is 3.23. The minimum Gasteiger partial charge on any atom is -0.354 e. The normalized spacial score (nSPS) is 19.6. The van der Waals surface area contributed by atoms with Gasteiger partial charge in [0.15, 0.2) is 11.6 Å². The van der Waals surface area contributed by atoms with Crippen molar-refractivity contribution in [3.05, 3.63) is 46.1 Å². The first-order valence-corrected chi connectivity index (χ1v) is 9.21. The summed E-state index contributed by atoms with van der Waals surface area (Å²) in [5.41, 5.74) is 1.03. The van der Waals surface area contributed by atoms with Crippen molar-refractivity contribution in [1.82, 2.24) is 10.2 Å². The van der Waals surface area contributed by atoms with Crippen LogP contribution in [0.25, 0.3) is 11.3 Å². The van der Waals surface area contributed by atoms with Crippen LogP contribution in [0.4, 0.5) is 0 Å². The lowest BCUT2D eigenvalue weighted by atomic mass is 9.74. The van der Waals surface area contributed by atoms with Crippen LogP contribution in [0.3, 0.4) is 0 Å². The van der Waals surface area contributed by atoms with Gasteiger partial charge in [0, 0.05) is 5.56 Å². The lowest BCUT2D eigenvalue weighted by molar-refractivity contribution is -0.184. The minimum atomic E-state index is -1.03. The number of aryl methyl sites for hydroxylation is 1. The highest BCUT2D eigenvalue weighted by Crippen LogP contribution is 2.40. The molecule has 0 unspecified atom stereocenters. The molecule has 26 heavy (non-hydrogen) atoms. The Bertz CT molecular complexity index is 862. The lowest BCUT2D eigenvalue weighted by Crippen LogP contribution is -2.58.